The minimum Gasteiger partial charge on any atom is -0.408 e. The predicted octanol–water partition coefficient (Wildman–Crippen LogP) is 1.41. The van der Waals surface area contributed by atoms with E-state index in [1.165, 1.54) is 0 Å². The summed E-state index contributed by atoms with van der Waals surface area (Å²) in [5.74, 6) is -0.422. The largest absolute Gasteiger partial charge is 0.417 e. The summed E-state index contributed by atoms with van der Waals surface area (Å²) in [7, 11) is 0. The molecule has 0 unspecified atom stereocenters. The molecule has 0 radical (unpaired) electrons. The van der Waals surface area contributed by atoms with E-state index in [9.17, 15) is 4.79 Å². The monoisotopic (exact) mass is 264 g/mol. The van der Waals surface area contributed by atoms with Crippen LogP contribution in [0, 0.1) is 0 Å². The number of hydrogen-bond donors (Lipinski definition) is 3. The fourth-order valence-corrected chi connectivity index (χ4v) is 2.06. The summed E-state index contributed by atoms with van der Waals surface area (Å²) in [5.41, 5.74) is 2.36. The average Bonchev–Trinajstić information content (AvgIpc) is 2.68. The number of H-pyrrole nitrogens is 1. The van der Waals surface area contributed by atoms with Crippen molar-refractivity contribution in [2.24, 2.45) is 0 Å². The molecule has 0 spiro atoms. The summed E-state index contributed by atoms with van der Waals surface area (Å²) >= 11 is 0. The smallest absolute Gasteiger partial charge is 0.408 e. The van der Waals surface area contributed by atoms with Gasteiger partial charge in [0.2, 0.25) is 0 Å². The van der Waals surface area contributed by atoms with Crippen LogP contribution in [0.4, 0.5) is 0 Å². The minimum absolute atomic E-state index is 0.0699. The molecule has 5 nitrogen and oxygen atoms in total. The van der Waals surface area contributed by atoms with E-state index in [-0.39, 0.29) is 12.1 Å². The molecule has 2 rings (SSSR count). The van der Waals surface area contributed by atoms with Crippen molar-refractivity contribution in [3.8, 4) is 0 Å². The molecule has 1 aromatic heterocycles. The minimum atomic E-state index is -0.422. The van der Waals surface area contributed by atoms with Crippen molar-refractivity contribution in [3.05, 3.63) is 34.3 Å². The van der Waals surface area contributed by atoms with Crippen LogP contribution in [0.25, 0.3) is 11.1 Å². The van der Waals surface area contributed by atoms with Gasteiger partial charge in [-0.1, -0.05) is 6.07 Å². The lowest BCUT2D eigenvalue weighted by molar-refractivity contribution is 0.231. The van der Waals surface area contributed by atoms with Gasteiger partial charge in [0.15, 0.2) is 5.58 Å². The van der Waals surface area contributed by atoms with Crippen LogP contribution in [0.2, 0.25) is 0 Å². The fraction of sp³-hybridized carbons (Fsp3) is 0.500. The first-order chi connectivity index (χ1) is 9.00. The van der Waals surface area contributed by atoms with Gasteiger partial charge >= 0.3 is 5.76 Å². The van der Waals surface area contributed by atoms with Gasteiger partial charge in [0.1, 0.15) is 0 Å². The van der Waals surface area contributed by atoms with Gasteiger partial charge in [-0.05, 0) is 50.9 Å². The second kappa shape index (κ2) is 5.59. The summed E-state index contributed by atoms with van der Waals surface area (Å²) in [6, 6.07) is 5.72. The van der Waals surface area contributed by atoms with Crippen LogP contribution < -0.4 is 11.1 Å². The van der Waals surface area contributed by atoms with Crippen molar-refractivity contribution in [2.75, 3.05) is 13.2 Å². The summed E-state index contributed by atoms with van der Waals surface area (Å²) in [6.07, 6.45) is 1.57. The summed E-state index contributed by atoms with van der Waals surface area (Å²) < 4.78 is 5.03. The van der Waals surface area contributed by atoms with Gasteiger partial charge in [-0.15, -0.1) is 0 Å². The summed E-state index contributed by atoms with van der Waals surface area (Å²) in [5, 5.41) is 12.4. The molecule has 0 amide bonds. The highest BCUT2D eigenvalue weighted by Crippen LogP contribution is 2.13. The van der Waals surface area contributed by atoms with Crippen molar-refractivity contribution in [3.63, 3.8) is 0 Å². The lowest BCUT2D eigenvalue weighted by Crippen LogP contribution is -2.41. The van der Waals surface area contributed by atoms with Crippen molar-refractivity contribution in [2.45, 2.75) is 32.2 Å². The Morgan fingerprint density at radius 2 is 2.21 bits per heavy atom. The van der Waals surface area contributed by atoms with Gasteiger partial charge in [-0.3, -0.25) is 4.98 Å². The number of oxazole rings is 1. The normalized spacial score (nSPS) is 12.2. The van der Waals surface area contributed by atoms with E-state index in [1.807, 2.05) is 18.2 Å². The molecule has 0 saturated heterocycles. The Balaban J connectivity index is 1.96. The van der Waals surface area contributed by atoms with Crippen molar-refractivity contribution in [1.29, 1.82) is 0 Å². The van der Waals surface area contributed by atoms with Crippen LogP contribution in [0.5, 0.6) is 0 Å². The number of aliphatic hydroxyl groups excluding tert-OH is 1. The van der Waals surface area contributed by atoms with E-state index in [0.29, 0.717) is 5.58 Å². The molecule has 19 heavy (non-hydrogen) atoms. The molecule has 3 N–H and O–H groups in total. The summed E-state index contributed by atoms with van der Waals surface area (Å²) in [4.78, 5) is 13.7. The highest BCUT2D eigenvalue weighted by atomic mass is 16.4. The average molecular weight is 264 g/mol. The zero-order chi connectivity index (χ0) is 13.9. The first-order valence-corrected chi connectivity index (χ1v) is 6.48. The number of hydrogen-bond acceptors (Lipinski definition) is 4. The Kier molecular flexibility index (Phi) is 4.07. The van der Waals surface area contributed by atoms with E-state index >= 15 is 0 Å². The van der Waals surface area contributed by atoms with Gasteiger partial charge in [0.25, 0.3) is 0 Å². The molecule has 104 valence electrons. The Labute approximate surface area is 111 Å². The zero-order valence-electron chi connectivity index (χ0n) is 11.3. The molecular weight excluding hydrogens is 244 g/mol. The topological polar surface area (TPSA) is 78.3 Å². The maximum atomic E-state index is 11.1. The molecule has 0 saturated carbocycles. The third-order valence-corrected chi connectivity index (χ3v) is 3.24. The summed E-state index contributed by atoms with van der Waals surface area (Å²) in [6.45, 7) is 5.13. The molecule has 1 heterocycles. The number of aromatic amines is 1. The van der Waals surface area contributed by atoms with Gasteiger partial charge in [0, 0.05) is 12.1 Å². The van der Waals surface area contributed by atoms with Crippen LogP contribution in [0.15, 0.2) is 27.4 Å². The predicted molar refractivity (Wildman–Crippen MR) is 74.3 cm³/mol. The molecule has 5 heteroatoms. The number of aromatic nitrogens is 1. The quantitative estimate of drug-likeness (QED) is 0.737. The number of fused-ring (bicyclic) bond motifs is 1. The van der Waals surface area contributed by atoms with Crippen LogP contribution in [0.1, 0.15) is 25.8 Å². The zero-order valence-corrected chi connectivity index (χ0v) is 11.3. The van der Waals surface area contributed by atoms with Gasteiger partial charge in [-0.2, -0.15) is 0 Å². The number of rotatable bonds is 6. The molecule has 1 aromatic carbocycles. The van der Waals surface area contributed by atoms with Crippen LogP contribution in [0.3, 0.4) is 0 Å². The second-order valence-corrected chi connectivity index (χ2v) is 5.38. The second-order valence-electron chi connectivity index (χ2n) is 5.38. The third kappa shape index (κ3) is 3.68. The molecule has 2 aromatic rings. The number of nitrogens with one attached hydrogen (secondary N) is 2. The van der Waals surface area contributed by atoms with Crippen molar-refractivity contribution in [1.82, 2.24) is 10.3 Å². The SMILES string of the molecule is CC(C)(CCO)NCCc1ccc2[nH]c(=O)oc2c1. The molecule has 0 aliphatic heterocycles. The Morgan fingerprint density at radius 1 is 1.42 bits per heavy atom. The highest BCUT2D eigenvalue weighted by Gasteiger charge is 2.15. The lowest BCUT2D eigenvalue weighted by atomic mass is 10.0. The van der Waals surface area contributed by atoms with Crippen LogP contribution in [-0.4, -0.2) is 28.8 Å². The van der Waals surface area contributed by atoms with E-state index in [4.69, 9.17) is 9.52 Å². The van der Waals surface area contributed by atoms with Crippen LogP contribution in [-0.2, 0) is 6.42 Å². The Hall–Kier alpha value is -1.59. The van der Waals surface area contributed by atoms with Gasteiger partial charge in [-0.25, -0.2) is 4.79 Å². The van der Waals surface area contributed by atoms with E-state index in [0.717, 1.165) is 30.5 Å². The molecule has 0 bridgehead atoms. The third-order valence-electron chi connectivity index (χ3n) is 3.24. The van der Waals surface area contributed by atoms with Crippen LogP contribution >= 0.6 is 0 Å². The Bertz CT molecular complexity index is 598. The van der Waals surface area contributed by atoms with E-state index in [2.05, 4.69) is 24.1 Å². The van der Waals surface area contributed by atoms with Gasteiger partial charge < -0.3 is 14.8 Å². The molecule has 0 fully saturated rings. The van der Waals surface area contributed by atoms with Crippen molar-refractivity contribution >= 4 is 11.1 Å². The number of aliphatic hydroxyl groups is 1. The van der Waals surface area contributed by atoms with Crippen molar-refractivity contribution < 1.29 is 9.52 Å². The highest BCUT2D eigenvalue weighted by molar-refractivity contribution is 5.72. The fourth-order valence-electron chi connectivity index (χ4n) is 2.06. The van der Waals surface area contributed by atoms with Gasteiger partial charge in [0.05, 0.1) is 5.52 Å². The molecular formula is C14H20N2O3. The maximum Gasteiger partial charge on any atom is 0.417 e. The molecule has 0 aliphatic rings. The Morgan fingerprint density at radius 3 is 2.95 bits per heavy atom. The van der Waals surface area contributed by atoms with E-state index < -0.39 is 5.76 Å². The molecule has 0 aliphatic carbocycles. The number of benzene rings is 1. The standard InChI is InChI=1S/C14H20N2O3/c1-14(2,6-8-17)15-7-5-10-3-4-11-12(9-10)19-13(18)16-11/h3-4,9,15,17H,5-8H2,1-2H3,(H,16,18). The lowest BCUT2D eigenvalue weighted by Gasteiger charge is -2.25. The first kappa shape index (κ1) is 13.8. The van der Waals surface area contributed by atoms with E-state index in [1.54, 1.807) is 0 Å². The molecule has 0 atom stereocenters. The first-order valence-electron chi connectivity index (χ1n) is 6.48. The maximum absolute atomic E-state index is 11.1.